The van der Waals surface area contributed by atoms with E-state index in [4.69, 9.17) is 15.2 Å². The molecule has 9 heteroatoms. The van der Waals surface area contributed by atoms with E-state index in [1.807, 2.05) is 31.2 Å². The van der Waals surface area contributed by atoms with Gasteiger partial charge in [0.15, 0.2) is 5.69 Å². The largest absolute Gasteiger partial charge is 0.466 e. The quantitative estimate of drug-likeness (QED) is 0.570. The Balaban J connectivity index is 1.96. The Bertz CT molecular complexity index is 1050. The van der Waals surface area contributed by atoms with Crippen molar-refractivity contribution < 1.29 is 23.9 Å². The van der Waals surface area contributed by atoms with Crippen LogP contribution in [-0.2, 0) is 19.1 Å². The molecule has 1 aliphatic rings. The molecular formula is C22H24N4O5. The maximum atomic E-state index is 11.9. The highest BCUT2D eigenvalue weighted by Gasteiger charge is 2.40. The summed E-state index contributed by atoms with van der Waals surface area (Å²) in [6, 6.07) is 7.18. The van der Waals surface area contributed by atoms with Gasteiger partial charge in [-0.2, -0.15) is 0 Å². The molecule has 1 saturated carbocycles. The summed E-state index contributed by atoms with van der Waals surface area (Å²) in [4.78, 5) is 34.7. The highest BCUT2D eigenvalue weighted by Crippen LogP contribution is 2.37. The fraction of sp³-hybridized carbons (Fsp3) is 0.409. The minimum absolute atomic E-state index is 0.0441. The lowest BCUT2D eigenvalue weighted by Crippen LogP contribution is -2.26. The van der Waals surface area contributed by atoms with Crippen molar-refractivity contribution in [2.24, 2.45) is 11.7 Å². The summed E-state index contributed by atoms with van der Waals surface area (Å²) in [5.74, 6) is 4.34. The van der Waals surface area contributed by atoms with Gasteiger partial charge in [0.05, 0.1) is 12.6 Å². The molecule has 2 N–H and O–H groups in total. The van der Waals surface area contributed by atoms with Gasteiger partial charge in [-0.15, -0.1) is 5.10 Å². The summed E-state index contributed by atoms with van der Waals surface area (Å²) in [5.41, 5.74) is 7.53. The monoisotopic (exact) mass is 424 g/mol. The number of carbonyl (C=O) groups excluding carboxylic acids is 3. The second kappa shape index (κ2) is 9.43. The van der Waals surface area contributed by atoms with E-state index >= 15 is 0 Å². The van der Waals surface area contributed by atoms with Gasteiger partial charge in [0.2, 0.25) is 0 Å². The van der Waals surface area contributed by atoms with Crippen LogP contribution in [0.2, 0.25) is 0 Å². The topological polar surface area (TPSA) is 126 Å². The van der Waals surface area contributed by atoms with Crippen molar-refractivity contribution in [2.75, 3.05) is 6.61 Å². The van der Waals surface area contributed by atoms with E-state index in [2.05, 4.69) is 22.2 Å². The molecule has 1 heterocycles. The van der Waals surface area contributed by atoms with Gasteiger partial charge in [-0.25, -0.2) is 4.68 Å². The molecule has 0 bridgehead atoms. The highest BCUT2D eigenvalue weighted by molar-refractivity contribution is 5.92. The number of hydrogen-bond donors (Lipinski definition) is 1. The van der Waals surface area contributed by atoms with E-state index in [9.17, 15) is 14.4 Å². The number of nitrogens with zero attached hydrogens (tertiary/aromatic N) is 3. The molecule has 0 radical (unpaired) electrons. The van der Waals surface area contributed by atoms with Crippen LogP contribution in [0.4, 0.5) is 0 Å². The van der Waals surface area contributed by atoms with Gasteiger partial charge < -0.3 is 15.2 Å². The lowest BCUT2D eigenvalue weighted by molar-refractivity contribution is -0.148. The lowest BCUT2D eigenvalue weighted by atomic mass is 10.1. The van der Waals surface area contributed by atoms with Gasteiger partial charge in [-0.1, -0.05) is 28.8 Å². The third kappa shape index (κ3) is 5.48. The van der Waals surface area contributed by atoms with Crippen LogP contribution in [0, 0.1) is 24.7 Å². The van der Waals surface area contributed by atoms with Crippen molar-refractivity contribution in [2.45, 2.75) is 45.8 Å². The van der Waals surface area contributed by atoms with E-state index in [1.165, 1.54) is 18.5 Å². The van der Waals surface area contributed by atoms with Gasteiger partial charge in [-0.05, 0) is 43.7 Å². The predicted octanol–water partition coefficient (Wildman–Crippen LogP) is 1.53. The fourth-order valence-electron chi connectivity index (χ4n) is 3.62. The zero-order valence-corrected chi connectivity index (χ0v) is 17.6. The molecule has 0 spiro atoms. The van der Waals surface area contributed by atoms with E-state index in [1.54, 1.807) is 0 Å². The average Bonchev–Trinajstić information content (AvgIpc) is 3.29. The van der Waals surface area contributed by atoms with Crippen LogP contribution in [0.5, 0.6) is 0 Å². The molecule has 1 fully saturated rings. The number of carbonyl (C=O) groups is 3. The van der Waals surface area contributed by atoms with E-state index in [-0.39, 0.29) is 29.9 Å². The maximum Gasteiger partial charge on any atom is 0.302 e. The van der Waals surface area contributed by atoms with Crippen LogP contribution in [0.25, 0.3) is 0 Å². The summed E-state index contributed by atoms with van der Waals surface area (Å²) in [7, 11) is 0. The summed E-state index contributed by atoms with van der Waals surface area (Å²) < 4.78 is 12.1. The highest BCUT2D eigenvalue weighted by atomic mass is 16.5. The Morgan fingerprint density at radius 1 is 1.13 bits per heavy atom. The smallest absolute Gasteiger partial charge is 0.302 e. The third-order valence-electron chi connectivity index (χ3n) is 5.03. The summed E-state index contributed by atoms with van der Waals surface area (Å²) >= 11 is 0. The number of primary amides is 1. The lowest BCUT2D eigenvalue weighted by Gasteiger charge is -2.19. The Kier molecular flexibility index (Phi) is 6.70. The maximum absolute atomic E-state index is 11.9. The standard InChI is InChI=1S/C22H24N4O5/c1-13-4-6-16(7-5-13)8-9-18-21(22(23)29)24-25-26(18)19-10-17(12-30-14(2)27)11-20(19)31-15(3)28/h4-7,17,19-20H,10-12H2,1-3H3,(H2,23,29)/t17-,19+,20+/m0/s1. The van der Waals surface area contributed by atoms with Crippen LogP contribution in [0.3, 0.4) is 0 Å². The second-order valence-electron chi connectivity index (χ2n) is 7.57. The van der Waals surface area contributed by atoms with Gasteiger partial charge in [0.1, 0.15) is 11.8 Å². The van der Waals surface area contributed by atoms with Gasteiger partial charge in [0, 0.05) is 19.4 Å². The van der Waals surface area contributed by atoms with E-state index in [0.717, 1.165) is 11.1 Å². The van der Waals surface area contributed by atoms with Crippen molar-refractivity contribution in [1.82, 2.24) is 15.0 Å². The van der Waals surface area contributed by atoms with Crippen molar-refractivity contribution in [1.29, 1.82) is 0 Å². The van der Waals surface area contributed by atoms with Crippen LogP contribution in [0.1, 0.15) is 60.0 Å². The molecule has 1 amide bonds. The molecular weight excluding hydrogens is 400 g/mol. The first-order valence-corrected chi connectivity index (χ1v) is 9.89. The molecule has 31 heavy (non-hydrogen) atoms. The molecule has 1 aliphatic carbocycles. The normalized spacial score (nSPS) is 19.9. The van der Waals surface area contributed by atoms with Gasteiger partial charge in [0.25, 0.3) is 5.91 Å². The number of benzene rings is 1. The number of amides is 1. The number of aryl methyl sites for hydroxylation is 1. The zero-order valence-electron chi connectivity index (χ0n) is 17.6. The SMILES string of the molecule is CC(=O)OC[C@H]1C[C@@H](n2nnc(C(N)=O)c2C#Cc2ccc(C)cc2)[C@H](OC(C)=O)C1. The van der Waals surface area contributed by atoms with Crippen LogP contribution < -0.4 is 5.73 Å². The number of nitrogens with two attached hydrogens (primary N) is 1. The van der Waals surface area contributed by atoms with Crippen molar-refractivity contribution in [3.8, 4) is 11.8 Å². The van der Waals surface area contributed by atoms with E-state index in [0.29, 0.717) is 12.8 Å². The summed E-state index contributed by atoms with van der Waals surface area (Å²) in [6.07, 6.45) is 0.459. The van der Waals surface area contributed by atoms with Crippen molar-refractivity contribution in [3.63, 3.8) is 0 Å². The van der Waals surface area contributed by atoms with Crippen LogP contribution in [0.15, 0.2) is 24.3 Å². The Labute approximate surface area is 179 Å². The van der Waals surface area contributed by atoms with E-state index < -0.39 is 24.0 Å². The minimum atomic E-state index is -0.752. The molecule has 162 valence electrons. The molecule has 1 aromatic heterocycles. The van der Waals surface area contributed by atoms with Crippen LogP contribution >= 0.6 is 0 Å². The summed E-state index contributed by atoms with van der Waals surface area (Å²) in [6.45, 7) is 4.84. The zero-order chi connectivity index (χ0) is 22.5. The Morgan fingerprint density at radius 2 is 1.84 bits per heavy atom. The predicted molar refractivity (Wildman–Crippen MR) is 110 cm³/mol. The first kappa shape index (κ1) is 22.0. The molecule has 0 saturated heterocycles. The molecule has 2 aromatic rings. The minimum Gasteiger partial charge on any atom is -0.466 e. The summed E-state index contributed by atoms with van der Waals surface area (Å²) in [5, 5.41) is 8.01. The molecule has 9 nitrogen and oxygen atoms in total. The van der Waals surface area contributed by atoms with Gasteiger partial charge >= 0.3 is 11.9 Å². The molecule has 1 aromatic carbocycles. The van der Waals surface area contributed by atoms with Gasteiger partial charge in [-0.3, -0.25) is 14.4 Å². The molecule has 0 unspecified atom stereocenters. The molecule has 0 aliphatic heterocycles. The Morgan fingerprint density at radius 3 is 2.45 bits per heavy atom. The average molecular weight is 424 g/mol. The van der Waals surface area contributed by atoms with Crippen molar-refractivity contribution >= 4 is 17.8 Å². The first-order chi connectivity index (χ1) is 14.7. The number of hydrogen-bond acceptors (Lipinski definition) is 7. The first-order valence-electron chi connectivity index (χ1n) is 9.89. The number of rotatable bonds is 5. The number of esters is 2. The number of ether oxygens (including phenoxy) is 2. The second-order valence-corrected chi connectivity index (χ2v) is 7.57. The molecule has 3 rings (SSSR count). The molecule has 3 atom stereocenters. The van der Waals surface area contributed by atoms with Crippen molar-refractivity contribution in [3.05, 3.63) is 46.8 Å². The van der Waals surface area contributed by atoms with Crippen LogP contribution in [-0.4, -0.2) is 45.6 Å². The Hall–Kier alpha value is -3.67. The fourth-order valence-corrected chi connectivity index (χ4v) is 3.62. The number of aromatic nitrogens is 3. The third-order valence-corrected chi connectivity index (χ3v) is 5.03.